The van der Waals surface area contributed by atoms with Crippen molar-refractivity contribution in [3.63, 3.8) is 0 Å². The number of carbonyl (C=O) groups is 7. The second-order valence-corrected chi connectivity index (χ2v) is 26.3. The van der Waals surface area contributed by atoms with Gasteiger partial charge in [0.2, 0.25) is 35.8 Å². The highest BCUT2D eigenvalue weighted by molar-refractivity contribution is 5.93. The first kappa shape index (κ1) is 90.0. The fourth-order valence-corrected chi connectivity index (χ4v) is 12.1. The van der Waals surface area contributed by atoms with Crippen LogP contribution in [0.25, 0.3) is 0 Å². The van der Waals surface area contributed by atoms with Gasteiger partial charge in [-0.3, -0.25) is 28.9 Å². The molecule has 4 rings (SSSR count). The molecule has 0 saturated carbocycles. The molecule has 2 saturated heterocycles. The van der Waals surface area contributed by atoms with E-state index < -0.39 is 140 Å². The first-order chi connectivity index (χ1) is 49.7. The highest BCUT2D eigenvalue weighted by atomic mass is 16.7. The van der Waals surface area contributed by atoms with Crippen LogP contribution in [0.3, 0.4) is 0 Å². The lowest BCUT2D eigenvalue weighted by Crippen LogP contribution is -2.61. The number of carboxylic acid groups (broad SMARTS) is 1. The summed E-state index contributed by atoms with van der Waals surface area (Å²) >= 11 is 0. The van der Waals surface area contributed by atoms with Gasteiger partial charge in [-0.15, -0.1) is 0 Å². The van der Waals surface area contributed by atoms with Crippen molar-refractivity contribution in [1.29, 1.82) is 0 Å². The zero-order chi connectivity index (χ0) is 76.8. The van der Waals surface area contributed by atoms with Gasteiger partial charge in [-0.05, 0) is 61.3 Å². The van der Waals surface area contributed by atoms with Crippen LogP contribution < -0.4 is 26.6 Å². The molecule has 2 fully saturated rings. The molecular weight excluding hydrogens is 1370 g/mol. The lowest BCUT2D eigenvalue weighted by Gasteiger charge is -2.41. The number of ether oxygens (including phenoxy) is 13. The maximum absolute atomic E-state index is 14.9. The number of hydrogen-bond donors (Lipinski definition) is 9. The zero-order valence-corrected chi connectivity index (χ0v) is 62.4. The molecule has 2 aliphatic heterocycles. The van der Waals surface area contributed by atoms with Gasteiger partial charge in [0.15, 0.2) is 6.10 Å². The quantitative estimate of drug-likeness (QED) is 0.0337. The van der Waals surface area contributed by atoms with Crippen molar-refractivity contribution in [2.45, 2.75) is 167 Å². The number of carbonyl (C=O) groups excluding carboxylic acids is 6. The molecule has 2 aromatic carbocycles. The van der Waals surface area contributed by atoms with Gasteiger partial charge in [-0.1, -0.05) is 85.2 Å². The van der Waals surface area contributed by atoms with E-state index in [1.165, 1.54) is 44.4 Å². The van der Waals surface area contributed by atoms with Crippen molar-refractivity contribution in [3.05, 3.63) is 59.7 Å². The predicted molar refractivity (Wildman–Crippen MR) is 375 cm³/mol. The molecule has 104 heavy (non-hydrogen) atoms. The minimum absolute atomic E-state index is 0.0154. The van der Waals surface area contributed by atoms with E-state index in [2.05, 4.69) is 20.8 Å². The molecule has 10 N–H and O–H groups in total. The van der Waals surface area contributed by atoms with E-state index in [1.54, 1.807) is 77.8 Å². The molecular formula is C71H117N7O26. The summed E-state index contributed by atoms with van der Waals surface area (Å²) in [6, 6.07) is 8.84. The second-order valence-electron chi connectivity index (χ2n) is 26.3. The standard InChI is InChI=1S/C71H117N7O26/c1-13-46(6)59(54(91-11)41-56(80)78-23-17-20-52(78)64(92-12)47(7)66(85)73-48(8)60(81)49-18-15-14-16-19-49)76(9)68(87)57(44(2)3)75-67(86)58(45(4)5)77(10)71(90)101-42-50-40-51(21-22-53(50)103-70-63(84)61(82)62(83)65(104-70)69(88)89)74-55(79)43-100-37-36-98-33-32-96-29-28-94-25-24-93-26-27-95-30-31-97-34-35-99-38-39-102-72/h14-16,18-19,21-22,40,44-48,52,54,57-65,70,81-84H,13,17,20,23-39,41-43,72H2,1-12H3,(H,73,85)(H,74,79)(H,75,86)(H,88,89)/t46-,47+,48+,52-,54+,57-,58-,59-,60+,61-,62-,63?,64+,65?,70+/m0/s1. The molecule has 0 aromatic heterocycles. The van der Waals surface area contributed by atoms with Crippen LogP contribution in [-0.4, -0.2) is 302 Å². The number of benzene rings is 2. The van der Waals surface area contributed by atoms with Gasteiger partial charge in [-0.2, -0.15) is 0 Å². The number of aliphatic hydroxyl groups excluding tert-OH is 4. The molecule has 33 heteroatoms. The first-order valence-corrected chi connectivity index (χ1v) is 35.5. The highest BCUT2D eigenvalue weighted by Crippen LogP contribution is 2.33. The Kier molecular flexibility index (Phi) is 42.2. The first-order valence-electron chi connectivity index (χ1n) is 35.5. The Morgan fingerprint density at radius 1 is 0.673 bits per heavy atom. The van der Waals surface area contributed by atoms with Crippen molar-refractivity contribution in [1.82, 2.24) is 25.3 Å². The van der Waals surface area contributed by atoms with Gasteiger partial charge in [0.1, 0.15) is 49.4 Å². The Morgan fingerprint density at radius 2 is 1.22 bits per heavy atom. The van der Waals surface area contributed by atoms with E-state index >= 15 is 0 Å². The average Bonchev–Trinajstić information content (AvgIpc) is 1.80. The topological polar surface area (TPSA) is 422 Å². The Balaban J connectivity index is 1.34. The molecule has 2 heterocycles. The molecule has 6 amide bonds. The monoisotopic (exact) mass is 1480 g/mol. The molecule has 0 aliphatic carbocycles. The summed E-state index contributed by atoms with van der Waals surface area (Å²) in [5, 5.41) is 61.0. The number of nitrogens with two attached hydrogens (primary N) is 1. The number of amides is 6. The zero-order valence-electron chi connectivity index (χ0n) is 62.4. The normalized spacial score (nSPS) is 20.2. The number of rotatable bonds is 52. The van der Waals surface area contributed by atoms with Crippen LogP contribution in [0.2, 0.25) is 0 Å². The third kappa shape index (κ3) is 29.4. The smallest absolute Gasteiger partial charge is 0.410 e. The van der Waals surface area contributed by atoms with Crippen LogP contribution in [0.15, 0.2) is 48.5 Å². The largest absolute Gasteiger partial charge is 0.479 e. The maximum atomic E-state index is 14.9. The third-order valence-electron chi connectivity index (χ3n) is 18.0. The Morgan fingerprint density at radius 3 is 1.72 bits per heavy atom. The summed E-state index contributed by atoms with van der Waals surface area (Å²) in [6.45, 7) is 19.1. The Bertz CT molecular complexity index is 2840. The van der Waals surface area contributed by atoms with Crippen LogP contribution in [-0.2, 0) is 97.1 Å². The lowest BCUT2D eigenvalue weighted by molar-refractivity contribution is -0.271. The number of methoxy groups -OCH3 is 2. The summed E-state index contributed by atoms with van der Waals surface area (Å²) < 4.78 is 72.7. The van der Waals surface area contributed by atoms with Crippen molar-refractivity contribution < 1.29 is 126 Å². The number of nitrogens with one attached hydrogen (secondary N) is 3. The summed E-state index contributed by atoms with van der Waals surface area (Å²) in [5.41, 5.74) is 0.806. The fourth-order valence-electron chi connectivity index (χ4n) is 12.1. The van der Waals surface area contributed by atoms with Gasteiger partial charge in [-0.25, -0.2) is 15.5 Å². The lowest BCUT2D eigenvalue weighted by atomic mass is 9.89. The fraction of sp³-hybridized carbons (Fsp3) is 0.732. The molecule has 0 spiro atoms. The van der Waals surface area contributed by atoms with Crippen molar-refractivity contribution in [2.24, 2.45) is 29.6 Å². The number of anilines is 1. The van der Waals surface area contributed by atoms with Crippen LogP contribution in [0.5, 0.6) is 5.75 Å². The van der Waals surface area contributed by atoms with E-state index in [9.17, 15) is 59.1 Å². The molecule has 0 radical (unpaired) electrons. The Labute approximate surface area is 610 Å². The number of hydrogen-bond acceptors (Lipinski definition) is 26. The molecule has 592 valence electrons. The molecule has 2 aromatic rings. The van der Waals surface area contributed by atoms with Gasteiger partial charge >= 0.3 is 12.1 Å². The summed E-state index contributed by atoms with van der Waals surface area (Å²) in [6.07, 6.45) is -11.8. The summed E-state index contributed by atoms with van der Waals surface area (Å²) in [7, 11) is 5.89. The van der Waals surface area contributed by atoms with E-state index in [4.69, 9.17) is 67.5 Å². The van der Waals surface area contributed by atoms with Crippen LogP contribution in [0.1, 0.15) is 98.3 Å². The van der Waals surface area contributed by atoms with Gasteiger partial charge in [0, 0.05) is 46.1 Å². The summed E-state index contributed by atoms with van der Waals surface area (Å²) in [4.78, 5) is 106. The molecule has 2 unspecified atom stereocenters. The number of nitrogens with zero attached hydrogens (tertiary/aromatic N) is 3. The molecule has 15 atom stereocenters. The SMILES string of the molecule is CC[C@H](C)[C@@H]([C@@H](CC(=O)N1CCC[C@H]1[C@H](OC)[C@@H](C)C(=O)N[C@H](C)[C@@H](O)c1ccccc1)OC)N(C)C(=O)[C@@H](NC(=O)[C@H](C(C)C)N(C)C(=O)OCc1cc(NC(=O)COCCOCCOCCOCCOCCOCCOCCOCCON)ccc1O[C@@H]1OC(C(=O)O)[C@@H](O)[C@H](O)C1O)C(C)C. The van der Waals surface area contributed by atoms with Crippen LogP contribution in [0.4, 0.5) is 10.5 Å². The summed E-state index contributed by atoms with van der Waals surface area (Å²) in [5.74, 6) is -1.34. The number of aliphatic carboxylic acids is 1. The minimum Gasteiger partial charge on any atom is -0.479 e. The predicted octanol–water partition coefficient (Wildman–Crippen LogP) is 1.81. The second kappa shape index (κ2) is 48.8. The van der Waals surface area contributed by atoms with Gasteiger partial charge in [0.25, 0.3) is 0 Å². The number of aliphatic hydroxyl groups is 4. The van der Waals surface area contributed by atoms with E-state index in [0.717, 1.165) is 4.90 Å². The van der Waals surface area contributed by atoms with E-state index in [1.807, 2.05) is 19.9 Å². The van der Waals surface area contributed by atoms with Crippen molar-refractivity contribution >= 4 is 47.3 Å². The van der Waals surface area contributed by atoms with Crippen LogP contribution >= 0.6 is 0 Å². The van der Waals surface area contributed by atoms with Crippen LogP contribution in [0, 0.1) is 23.7 Å². The third-order valence-corrected chi connectivity index (χ3v) is 18.0. The van der Waals surface area contributed by atoms with Gasteiger partial charge < -0.3 is 118 Å². The number of likely N-dealkylation sites (N-methyl/N-ethyl adjacent to an activating group) is 2. The molecule has 0 bridgehead atoms. The Hall–Kier alpha value is -6.35. The van der Waals surface area contributed by atoms with Gasteiger partial charge in [0.05, 0.1) is 154 Å². The minimum atomic E-state index is -2.03. The maximum Gasteiger partial charge on any atom is 0.410 e. The average molecular weight is 1480 g/mol. The van der Waals surface area contributed by atoms with Crippen molar-refractivity contribution in [2.75, 3.05) is 152 Å². The van der Waals surface area contributed by atoms with E-state index in [0.29, 0.717) is 111 Å². The number of carboxylic acids is 1. The highest BCUT2D eigenvalue weighted by Gasteiger charge is 2.49. The molecule has 33 nitrogen and oxygen atoms in total. The number of likely N-dealkylation sites (tertiary alicyclic amines) is 1. The molecule has 2 aliphatic rings. The van der Waals surface area contributed by atoms with Crippen molar-refractivity contribution in [3.8, 4) is 5.75 Å². The van der Waals surface area contributed by atoms with E-state index in [-0.39, 0.29) is 67.6 Å².